The summed E-state index contributed by atoms with van der Waals surface area (Å²) in [4.78, 5) is 8.36. The number of rotatable bonds is 13. The van der Waals surface area contributed by atoms with E-state index in [0.29, 0.717) is 41.8 Å². The lowest BCUT2D eigenvalue weighted by molar-refractivity contribution is 0.349. The molecular formula is C32H38Cl2F2N4O4S. The van der Waals surface area contributed by atoms with E-state index in [1.807, 2.05) is 36.0 Å². The SMILES string of the molecule is COc1cc(C(C)(C)C2CN=C(COc3c(F)cc(S(=O)(=O)N(C)CCCN(C)C)cc3Cl)N2c2ccc(F)cc2)ccc1Cl. The fraction of sp³-hybridized carbons (Fsp3) is 0.406. The van der Waals surface area contributed by atoms with E-state index in [-0.39, 0.29) is 34.9 Å². The van der Waals surface area contributed by atoms with E-state index in [9.17, 15) is 12.8 Å². The Bertz CT molecular complexity index is 1630. The largest absolute Gasteiger partial charge is 0.495 e. The maximum Gasteiger partial charge on any atom is 0.242 e. The molecule has 0 radical (unpaired) electrons. The third-order valence-electron chi connectivity index (χ3n) is 7.97. The molecule has 0 amide bonds. The van der Waals surface area contributed by atoms with Gasteiger partial charge in [0.05, 0.1) is 34.6 Å². The Morgan fingerprint density at radius 1 is 1.00 bits per heavy atom. The number of methoxy groups -OCH3 is 1. The average molecular weight is 684 g/mol. The molecule has 3 aromatic carbocycles. The predicted octanol–water partition coefficient (Wildman–Crippen LogP) is 6.50. The maximum atomic E-state index is 15.4. The fourth-order valence-corrected chi connectivity index (χ4v) is 7.02. The van der Waals surface area contributed by atoms with Gasteiger partial charge in [0.2, 0.25) is 10.0 Å². The molecule has 45 heavy (non-hydrogen) atoms. The van der Waals surface area contributed by atoms with Crippen LogP contribution in [-0.2, 0) is 15.4 Å². The number of hydrogen-bond donors (Lipinski definition) is 0. The zero-order valence-electron chi connectivity index (χ0n) is 26.2. The first-order chi connectivity index (χ1) is 21.2. The number of benzene rings is 3. The van der Waals surface area contributed by atoms with Gasteiger partial charge in [-0.15, -0.1) is 0 Å². The van der Waals surface area contributed by atoms with Crippen LogP contribution < -0.4 is 14.4 Å². The number of hydrogen-bond acceptors (Lipinski definition) is 7. The second kappa shape index (κ2) is 14.2. The lowest BCUT2D eigenvalue weighted by Crippen LogP contribution is -2.49. The molecule has 13 heteroatoms. The van der Waals surface area contributed by atoms with Gasteiger partial charge in [0.15, 0.2) is 11.6 Å². The van der Waals surface area contributed by atoms with Gasteiger partial charge in [-0.1, -0.05) is 43.1 Å². The molecule has 1 atom stereocenters. The molecule has 0 saturated heterocycles. The molecule has 4 rings (SSSR count). The summed E-state index contributed by atoms with van der Waals surface area (Å²) in [6.45, 7) is 5.26. The molecule has 1 unspecified atom stereocenters. The third kappa shape index (κ3) is 7.72. The monoisotopic (exact) mass is 682 g/mol. The molecule has 0 saturated carbocycles. The topological polar surface area (TPSA) is 74.7 Å². The average Bonchev–Trinajstić information content (AvgIpc) is 3.41. The van der Waals surface area contributed by atoms with Crippen LogP contribution in [0.4, 0.5) is 14.5 Å². The number of halogens is 4. The fourth-order valence-electron chi connectivity index (χ4n) is 5.25. The van der Waals surface area contributed by atoms with E-state index < -0.39 is 27.1 Å². The Morgan fingerprint density at radius 2 is 1.69 bits per heavy atom. The Labute approximate surface area is 274 Å². The molecule has 1 heterocycles. The first kappa shape index (κ1) is 34.9. The van der Waals surface area contributed by atoms with Crippen molar-refractivity contribution >= 4 is 44.7 Å². The van der Waals surface area contributed by atoms with Crippen molar-refractivity contribution in [1.82, 2.24) is 9.21 Å². The van der Waals surface area contributed by atoms with Gasteiger partial charge >= 0.3 is 0 Å². The first-order valence-electron chi connectivity index (χ1n) is 14.3. The smallest absolute Gasteiger partial charge is 0.242 e. The molecule has 1 aliphatic heterocycles. The molecule has 0 bridgehead atoms. The second-order valence-corrected chi connectivity index (χ2v) is 14.5. The molecule has 1 aliphatic rings. The maximum absolute atomic E-state index is 15.4. The van der Waals surface area contributed by atoms with Crippen molar-refractivity contribution in [3.05, 3.63) is 81.8 Å². The van der Waals surface area contributed by atoms with Crippen LogP contribution in [0.5, 0.6) is 11.5 Å². The minimum Gasteiger partial charge on any atom is -0.495 e. The molecular weight excluding hydrogens is 645 g/mol. The Hall–Kier alpha value is -2.96. The van der Waals surface area contributed by atoms with Gasteiger partial charge < -0.3 is 19.3 Å². The highest BCUT2D eigenvalue weighted by atomic mass is 35.5. The van der Waals surface area contributed by atoms with Gasteiger partial charge in [0.1, 0.15) is 24.0 Å². The van der Waals surface area contributed by atoms with E-state index in [0.717, 1.165) is 11.6 Å². The van der Waals surface area contributed by atoms with Crippen molar-refractivity contribution in [2.75, 3.05) is 59.4 Å². The lowest BCUT2D eigenvalue weighted by atomic mass is 9.77. The van der Waals surface area contributed by atoms with Gasteiger partial charge in [-0.2, -0.15) is 0 Å². The van der Waals surface area contributed by atoms with E-state index in [4.69, 9.17) is 37.7 Å². The molecule has 3 aromatic rings. The number of sulfonamides is 1. The van der Waals surface area contributed by atoms with Crippen molar-refractivity contribution in [3.63, 3.8) is 0 Å². The Morgan fingerprint density at radius 3 is 2.31 bits per heavy atom. The number of anilines is 1. The molecule has 0 N–H and O–H groups in total. The van der Waals surface area contributed by atoms with Crippen molar-refractivity contribution in [1.29, 1.82) is 0 Å². The summed E-state index contributed by atoms with van der Waals surface area (Å²) in [5.74, 6) is -0.599. The van der Waals surface area contributed by atoms with E-state index in [2.05, 4.69) is 13.8 Å². The third-order valence-corrected chi connectivity index (χ3v) is 10.4. The number of amidine groups is 1. The highest BCUT2D eigenvalue weighted by molar-refractivity contribution is 7.89. The Balaban J connectivity index is 1.59. The van der Waals surface area contributed by atoms with Crippen LogP contribution in [0.3, 0.4) is 0 Å². The zero-order chi connectivity index (χ0) is 33.1. The number of aliphatic imine (C=N–C) groups is 1. The van der Waals surface area contributed by atoms with Gasteiger partial charge in [-0.05, 0) is 81.2 Å². The molecule has 0 spiro atoms. The van der Waals surface area contributed by atoms with Gasteiger partial charge in [-0.25, -0.2) is 21.5 Å². The van der Waals surface area contributed by atoms with Crippen molar-refractivity contribution in [2.24, 2.45) is 4.99 Å². The van der Waals surface area contributed by atoms with Gasteiger partial charge in [-0.3, -0.25) is 4.99 Å². The summed E-state index contributed by atoms with van der Waals surface area (Å²) < 4.78 is 68.0. The molecule has 0 fully saturated rings. The minimum atomic E-state index is -3.98. The zero-order valence-corrected chi connectivity index (χ0v) is 28.5. The highest BCUT2D eigenvalue weighted by Gasteiger charge is 2.41. The van der Waals surface area contributed by atoms with Crippen molar-refractivity contribution in [3.8, 4) is 11.5 Å². The normalized spacial score (nSPS) is 15.6. The molecule has 244 valence electrons. The standard InChI is InChI=1S/C32H38Cl2F2N4O4S/c1-32(2,21-8-13-25(33)28(16-21)43-6)29-19-37-30(40(29)23-11-9-22(35)10-12-23)20-44-31-26(34)17-24(18-27(31)36)45(41,42)39(5)15-7-14-38(3)4/h8-13,16-18,29H,7,14-15,19-20H2,1-6H3. The summed E-state index contributed by atoms with van der Waals surface area (Å²) in [6.07, 6.45) is 0.607. The first-order valence-corrected chi connectivity index (χ1v) is 16.5. The van der Waals surface area contributed by atoms with Crippen molar-refractivity contribution in [2.45, 2.75) is 36.6 Å². The van der Waals surface area contributed by atoms with Crippen LogP contribution >= 0.6 is 23.2 Å². The number of ether oxygens (including phenoxy) is 2. The van der Waals surface area contributed by atoms with Crippen molar-refractivity contribution < 1.29 is 26.7 Å². The summed E-state index contributed by atoms with van der Waals surface area (Å²) in [5.41, 5.74) is 1.09. The number of nitrogens with zero attached hydrogens (tertiary/aromatic N) is 4. The quantitative estimate of drug-likeness (QED) is 0.205. The van der Waals surface area contributed by atoms with Crippen LogP contribution in [0.25, 0.3) is 0 Å². The van der Waals surface area contributed by atoms with Gasteiger partial charge in [0, 0.05) is 24.7 Å². The highest BCUT2D eigenvalue weighted by Crippen LogP contribution is 2.39. The second-order valence-electron chi connectivity index (χ2n) is 11.7. The molecule has 8 nitrogen and oxygen atoms in total. The predicted molar refractivity (Wildman–Crippen MR) is 176 cm³/mol. The van der Waals surface area contributed by atoms with E-state index >= 15 is 4.39 Å². The van der Waals surface area contributed by atoms with E-state index in [1.165, 1.54) is 29.6 Å². The summed E-state index contributed by atoms with van der Waals surface area (Å²) in [6, 6.07) is 13.4. The molecule has 0 aromatic heterocycles. The van der Waals surface area contributed by atoms with Crippen LogP contribution in [0.1, 0.15) is 25.8 Å². The van der Waals surface area contributed by atoms with Crippen LogP contribution in [-0.4, -0.2) is 84.0 Å². The summed E-state index contributed by atoms with van der Waals surface area (Å²) in [7, 11) is 2.81. The molecule has 0 aliphatic carbocycles. The minimum absolute atomic E-state index is 0.179. The Kier molecular flexibility index (Phi) is 11.0. The summed E-state index contributed by atoms with van der Waals surface area (Å²) >= 11 is 12.7. The van der Waals surface area contributed by atoms with Crippen LogP contribution in [0, 0.1) is 11.6 Å². The van der Waals surface area contributed by atoms with Gasteiger partial charge in [0.25, 0.3) is 0 Å². The van der Waals surface area contributed by atoms with Crippen LogP contribution in [0.2, 0.25) is 10.0 Å². The van der Waals surface area contributed by atoms with Crippen LogP contribution in [0.15, 0.2) is 64.5 Å². The summed E-state index contributed by atoms with van der Waals surface area (Å²) in [5, 5.41) is 0.297. The lowest BCUT2D eigenvalue weighted by Gasteiger charge is -2.39. The van der Waals surface area contributed by atoms with E-state index in [1.54, 1.807) is 25.3 Å².